The highest BCUT2D eigenvalue weighted by Gasteiger charge is 2.21. The highest BCUT2D eigenvalue weighted by atomic mass is 16.5. The van der Waals surface area contributed by atoms with Crippen molar-refractivity contribution in [3.63, 3.8) is 0 Å². The molecule has 1 amide bonds. The van der Waals surface area contributed by atoms with E-state index in [0.29, 0.717) is 5.52 Å². The Labute approximate surface area is 123 Å². The van der Waals surface area contributed by atoms with Crippen LogP contribution in [0.2, 0.25) is 0 Å². The normalized spacial score (nSPS) is 10.6. The lowest BCUT2D eigenvalue weighted by Gasteiger charge is -2.06. The fourth-order valence-corrected chi connectivity index (χ4v) is 1.96. The lowest BCUT2D eigenvalue weighted by Crippen LogP contribution is -2.15. The molecule has 0 aliphatic carbocycles. The number of carboxylic acid groups (broad SMARTS) is 1. The summed E-state index contributed by atoms with van der Waals surface area (Å²) in [5, 5.41) is 15.6. The van der Waals surface area contributed by atoms with Crippen LogP contribution in [0.15, 0.2) is 35.1 Å². The minimum Gasteiger partial charge on any atom is -0.478 e. The third-order valence-corrected chi connectivity index (χ3v) is 2.90. The van der Waals surface area contributed by atoms with Gasteiger partial charge in [0.15, 0.2) is 5.76 Å². The van der Waals surface area contributed by atoms with Gasteiger partial charge >= 0.3 is 12.1 Å². The average molecular weight is 302 g/mol. The maximum absolute atomic E-state index is 11.3. The van der Waals surface area contributed by atoms with E-state index in [1.165, 1.54) is 24.0 Å². The second kappa shape index (κ2) is 5.20. The van der Waals surface area contributed by atoms with Crippen molar-refractivity contribution in [3.8, 4) is 11.5 Å². The number of aromatic carboxylic acids is 1. The van der Waals surface area contributed by atoms with Gasteiger partial charge in [0, 0.05) is 6.20 Å². The topological polar surface area (TPSA) is 119 Å². The molecule has 0 fully saturated rings. The molecule has 0 bridgehead atoms. The van der Waals surface area contributed by atoms with Crippen LogP contribution in [0.4, 0.5) is 10.7 Å². The van der Waals surface area contributed by atoms with Crippen LogP contribution in [-0.4, -0.2) is 38.9 Å². The summed E-state index contributed by atoms with van der Waals surface area (Å²) >= 11 is 0. The van der Waals surface area contributed by atoms with E-state index in [1.54, 1.807) is 18.3 Å². The van der Waals surface area contributed by atoms with Gasteiger partial charge in [0.1, 0.15) is 11.3 Å². The number of rotatable bonds is 3. The number of anilines is 1. The van der Waals surface area contributed by atoms with Crippen molar-refractivity contribution in [1.29, 1.82) is 0 Å². The summed E-state index contributed by atoms with van der Waals surface area (Å²) in [7, 11) is 1.21. The predicted octanol–water partition coefficient (Wildman–Crippen LogP) is 1.87. The van der Waals surface area contributed by atoms with E-state index in [-0.39, 0.29) is 23.0 Å². The minimum atomic E-state index is -1.14. The second-order valence-corrected chi connectivity index (χ2v) is 4.21. The fourth-order valence-electron chi connectivity index (χ4n) is 1.96. The van der Waals surface area contributed by atoms with Crippen molar-refractivity contribution >= 4 is 23.5 Å². The molecule has 3 heterocycles. The molecule has 0 unspecified atom stereocenters. The summed E-state index contributed by atoms with van der Waals surface area (Å²) in [4.78, 5) is 26.7. The van der Waals surface area contributed by atoms with Crippen LogP contribution in [0.25, 0.3) is 17.0 Å². The Morgan fingerprint density at radius 3 is 2.95 bits per heavy atom. The maximum atomic E-state index is 11.3. The van der Waals surface area contributed by atoms with Crippen molar-refractivity contribution < 1.29 is 23.8 Å². The summed E-state index contributed by atoms with van der Waals surface area (Å²) in [6.07, 6.45) is 2.15. The number of ether oxygens (including phenoxy) is 1. The molecule has 112 valence electrons. The summed E-state index contributed by atoms with van der Waals surface area (Å²) in [5.74, 6) is -1.11. The second-order valence-electron chi connectivity index (χ2n) is 4.21. The van der Waals surface area contributed by atoms with E-state index in [9.17, 15) is 14.7 Å². The zero-order valence-electron chi connectivity index (χ0n) is 11.3. The van der Waals surface area contributed by atoms with E-state index in [4.69, 9.17) is 4.42 Å². The number of nitrogens with zero attached hydrogens (tertiary/aromatic N) is 3. The Morgan fingerprint density at radius 2 is 2.23 bits per heavy atom. The summed E-state index contributed by atoms with van der Waals surface area (Å²) in [6.45, 7) is 0. The average Bonchev–Trinajstić information content (AvgIpc) is 3.14. The predicted molar refractivity (Wildman–Crippen MR) is 73.7 cm³/mol. The molecule has 0 atom stereocenters. The Balaban J connectivity index is 2.19. The van der Waals surface area contributed by atoms with Gasteiger partial charge in [-0.15, -0.1) is 5.10 Å². The summed E-state index contributed by atoms with van der Waals surface area (Å²) in [6, 6.07) is 4.73. The van der Waals surface area contributed by atoms with Gasteiger partial charge in [0.05, 0.1) is 18.9 Å². The smallest absolute Gasteiger partial charge is 0.413 e. The Bertz CT molecular complexity index is 866. The molecular weight excluding hydrogens is 292 g/mol. The number of hydrogen-bond acceptors (Lipinski definition) is 6. The van der Waals surface area contributed by atoms with Gasteiger partial charge in [-0.3, -0.25) is 5.32 Å². The molecule has 9 heteroatoms. The number of carbonyl (C=O) groups is 2. The number of aromatic nitrogens is 3. The van der Waals surface area contributed by atoms with Gasteiger partial charge in [-0.1, -0.05) is 0 Å². The summed E-state index contributed by atoms with van der Waals surface area (Å²) < 4.78 is 11.2. The molecule has 0 aliphatic heterocycles. The minimum absolute atomic E-state index is 0.0363. The van der Waals surface area contributed by atoms with Crippen LogP contribution in [0.1, 0.15) is 10.4 Å². The lowest BCUT2D eigenvalue weighted by atomic mass is 10.2. The van der Waals surface area contributed by atoms with Crippen LogP contribution in [0.5, 0.6) is 0 Å². The van der Waals surface area contributed by atoms with E-state index >= 15 is 0 Å². The zero-order chi connectivity index (χ0) is 15.7. The third kappa shape index (κ3) is 2.24. The first-order valence-electron chi connectivity index (χ1n) is 6.11. The van der Waals surface area contributed by atoms with Crippen LogP contribution in [0.3, 0.4) is 0 Å². The van der Waals surface area contributed by atoms with Crippen molar-refractivity contribution in [1.82, 2.24) is 14.6 Å². The van der Waals surface area contributed by atoms with Gasteiger partial charge in [-0.05, 0) is 18.2 Å². The molecule has 0 aromatic carbocycles. The maximum Gasteiger partial charge on any atom is 0.413 e. The Kier molecular flexibility index (Phi) is 3.22. The summed E-state index contributed by atoms with van der Waals surface area (Å²) in [5.41, 5.74) is 0.743. The van der Waals surface area contributed by atoms with E-state index < -0.39 is 12.1 Å². The molecule has 0 spiro atoms. The SMILES string of the molecule is COC(=O)Nc1nc(-c2occc2C(=O)O)c2cccn2n1. The highest BCUT2D eigenvalue weighted by molar-refractivity contribution is 5.96. The number of carboxylic acids is 1. The molecule has 0 saturated carbocycles. The van der Waals surface area contributed by atoms with Gasteiger partial charge in [-0.2, -0.15) is 0 Å². The van der Waals surface area contributed by atoms with Gasteiger partial charge in [0.2, 0.25) is 0 Å². The standard InChI is InChI=1S/C13H10N4O5/c1-21-13(20)15-12-14-9(8-3-2-5-17(8)16-12)10-7(11(18)19)4-6-22-10/h2-6H,1H3,(H,18,19)(H,15,16,20). The molecule has 3 rings (SSSR count). The number of carbonyl (C=O) groups excluding carboxylic acids is 1. The van der Waals surface area contributed by atoms with Crippen LogP contribution < -0.4 is 5.32 Å². The largest absolute Gasteiger partial charge is 0.478 e. The molecule has 3 aromatic rings. The van der Waals surface area contributed by atoms with E-state index in [0.717, 1.165) is 0 Å². The fraction of sp³-hybridized carbons (Fsp3) is 0.0769. The van der Waals surface area contributed by atoms with Crippen molar-refractivity contribution in [3.05, 3.63) is 36.2 Å². The lowest BCUT2D eigenvalue weighted by molar-refractivity contribution is 0.0697. The van der Waals surface area contributed by atoms with Gasteiger partial charge in [-0.25, -0.2) is 19.1 Å². The number of fused-ring (bicyclic) bond motifs is 1. The van der Waals surface area contributed by atoms with E-state index in [1.807, 2.05) is 0 Å². The molecule has 9 nitrogen and oxygen atoms in total. The first kappa shape index (κ1) is 13.6. The molecular formula is C13H10N4O5. The number of furan rings is 1. The Morgan fingerprint density at radius 1 is 1.41 bits per heavy atom. The zero-order valence-corrected chi connectivity index (χ0v) is 11.3. The molecule has 0 aliphatic rings. The van der Waals surface area contributed by atoms with E-state index in [2.05, 4.69) is 20.1 Å². The van der Waals surface area contributed by atoms with Crippen LogP contribution >= 0.6 is 0 Å². The first-order valence-corrected chi connectivity index (χ1v) is 6.11. The molecule has 0 saturated heterocycles. The van der Waals surface area contributed by atoms with Gasteiger partial charge < -0.3 is 14.3 Å². The van der Waals surface area contributed by atoms with Crippen LogP contribution in [-0.2, 0) is 4.74 Å². The molecule has 2 N–H and O–H groups in total. The quantitative estimate of drug-likeness (QED) is 0.757. The monoisotopic (exact) mass is 302 g/mol. The van der Waals surface area contributed by atoms with Crippen molar-refractivity contribution in [2.75, 3.05) is 12.4 Å². The van der Waals surface area contributed by atoms with Crippen molar-refractivity contribution in [2.24, 2.45) is 0 Å². The third-order valence-electron chi connectivity index (χ3n) is 2.90. The number of hydrogen-bond donors (Lipinski definition) is 2. The number of nitrogens with one attached hydrogen (secondary N) is 1. The van der Waals surface area contributed by atoms with Crippen LogP contribution in [0, 0.1) is 0 Å². The first-order chi connectivity index (χ1) is 10.6. The van der Waals surface area contributed by atoms with Crippen molar-refractivity contribution in [2.45, 2.75) is 0 Å². The molecule has 0 radical (unpaired) electrons. The molecule has 22 heavy (non-hydrogen) atoms. The number of amides is 1. The number of methoxy groups -OCH3 is 1. The highest BCUT2D eigenvalue weighted by Crippen LogP contribution is 2.28. The molecule has 3 aromatic heterocycles. The Hall–Kier alpha value is -3.36. The van der Waals surface area contributed by atoms with Gasteiger partial charge in [0.25, 0.3) is 5.95 Å².